The number of benzene rings is 2. The third-order valence-electron chi connectivity index (χ3n) is 4.49. The molecule has 1 aliphatic rings. The molecule has 0 aliphatic carbocycles. The molecule has 2 aromatic carbocycles. The van der Waals surface area contributed by atoms with Gasteiger partial charge in [-0.05, 0) is 36.4 Å². The highest BCUT2D eigenvalue weighted by molar-refractivity contribution is 7.99. The number of carbonyl (C=O) groups is 2. The summed E-state index contributed by atoms with van der Waals surface area (Å²) < 4.78 is 0. The van der Waals surface area contributed by atoms with Gasteiger partial charge in [-0.3, -0.25) is 9.59 Å². The summed E-state index contributed by atoms with van der Waals surface area (Å²) in [5, 5.41) is 0. The minimum absolute atomic E-state index is 0.0527. The summed E-state index contributed by atoms with van der Waals surface area (Å²) >= 11 is 1.79. The van der Waals surface area contributed by atoms with Crippen molar-refractivity contribution in [3.05, 3.63) is 66.2 Å². The second-order valence-corrected chi connectivity index (χ2v) is 7.47. The molecule has 0 radical (unpaired) electrons. The highest BCUT2D eigenvalue weighted by Gasteiger charge is 2.24. The van der Waals surface area contributed by atoms with E-state index in [0.717, 1.165) is 12.2 Å². The highest BCUT2D eigenvalue weighted by atomic mass is 32.2. The Morgan fingerprint density at radius 3 is 2.04 bits per heavy atom. The first-order valence-corrected chi connectivity index (χ1v) is 10.0. The quantitative estimate of drug-likeness (QED) is 0.578. The number of piperazine rings is 1. The maximum absolute atomic E-state index is 12.4. The number of hydrogen-bond acceptors (Lipinski definition) is 3. The summed E-state index contributed by atoms with van der Waals surface area (Å²) in [6.07, 6.45) is 1.45. The molecule has 2 amide bonds. The van der Waals surface area contributed by atoms with Crippen LogP contribution in [0.25, 0.3) is 0 Å². The SMILES string of the molecule is O=C(CCCSc1ccccc1)N1CCN(C(=O)c2ccccc2)CC1. The van der Waals surface area contributed by atoms with Gasteiger partial charge in [-0.2, -0.15) is 0 Å². The van der Waals surface area contributed by atoms with Crippen molar-refractivity contribution >= 4 is 23.6 Å². The molecule has 0 aromatic heterocycles. The first-order valence-electron chi connectivity index (χ1n) is 9.04. The lowest BCUT2D eigenvalue weighted by Crippen LogP contribution is -2.50. The fraction of sp³-hybridized carbons (Fsp3) is 0.333. The largest absolute Gasteiger partial charge is 0.339 e. The van der Waals surface area contributed by atoms with Gasteiger partial charge in [0.2, 0.25) is 5.91 Å². The van der Waals surface area contributed by atoms with E-state index in [9.17, 15) is 9.59 Å². The van der Waals surface area contributed by atoms with E-state index >= 15 is 0 Å². The van der Waals surface area contributed by atoms with Crippen molar-refractivity contribution < 1.29 is 9.59 Å². The molecular weight excluding hydrogens is 344 g/mol. The van der Waals surface area contributed by atoms with Crippen molar-refractivity contribution in [2.45, 2.75) is 17.7 Å². The van der Waals surface area contributed by atoms with Crippen LogP contribution < -0.4 is 0 Å². The smallest absolute Gasteiger partial charge is 0.253 e. The van der Waals surface area contributed by atoms with Crippen LogP contribution >= 0.6 is 11.8 Å². The summed E-state index contributed by atoms with van der Waals surface area (Å²) in [6.45, 7) is 2.48. The fourth-order valence-corrected chi connectivity index (χ4v) is 3.88. The monoisotopic (exact) mass is 368 g/mol. The van der Waals surface area contributed by atoms with Crippen molar-refractivity contribution in [3.63, 3.8) is 0 Å². The second-order valence-electron chi connectivity index (χ2n) is 6.30. The highest BCUT2D eigenvalue weighted by Crippen LogP contribution is 2.19. The summed E-state index contributed by atoms with van der Waals surface area (Å²) in [6, 6.07) is 19.6. The van der Waals surface area contributed by atoms with Gasteiger partial charge in [0.1, 0.15) is 0 Å². The number of rotatable bonds is 6. The lowest BCUT2D eigenvalue weighted by molar-refractivity contribution is -0.132. The molecule has 0 bridgehead atoms. The van der Waals surface area contributed by atoms with E-state index in [0.29, 0.717) is 38.2 Å². The Balaban J connectivity index is 1.37. The third-order valence-corrected chi connectivity index (χ3v) is 5.59. The van der Waals surface area contributed by atoms with Gasteiger partial charge in [-0.25, -0.2) is 0 Å². The topological polar surface area (TPSA) is 40.6 Å². The van der Waals surface area contributed by atoms with Gasteiger partial charge >= 0.3 is 0 Å². The number of nitrogens with zero attached hydrogens (tertiary/aromatic N) is 2. The van der Waals surface area contributed by atoms with Gasteiger partial charge < -0.3 is 9.80 Å². The minimum Gasteiger partial charge on any atom is -0.339 e. The van der Waals surface area contributed by atoms with E-state index in [1.165, 1.54) is 4.90 Å². The molecule has 1 aliphatic heterocycles. The Kier molecular flexibility index (Phi) is 6.72. The van der Waals surface area contributed by atoms with Gasteiger partial charge in [0.05, 0.1) is 0 Å². The molecule has 1 fully saturated rings. The molecule has 5 heteroatoms. The normalized spacial score (nSPS) is 14.3. The van der Waals surface area contributed by atoms with Crippen LogP contribution in [0.4, 0.5) is 0 Å². The van der Waals surface area contributed by atoms with Gasteiger partial charge in [0.25, 0.3) is 5.91 Å². The predicted molar refractivity (Wildman–Crippen MR) is 105 cm³/mol. The van der Waals surface area contributed by atoms with E-state index in [-0.39, 0.29) is 11.8 Å². The maximum Gasteiger partial charge on any atom is 0.253 e. The number of thioether (sulfide) groups is 1. The minimum atomic E-state index is 0.0527. The summed E-state index contributed by atoms with van der Waals surface area (Å²) in [4.78, 5) is 29.8. The molecule has 3 rings (SSSR count). The van der Waals surface area contributed by atoms with Crippen LogP contribution in [0.3, 0.4) is 0 Å². The molecule has 0 N–H and O–H groups in total. The molecule has 1 saturated heterocycles. The first kappa shape index (κ1) is 18.5. The average Bonchev–Trinajstić information content (AvgIpc) is 2.72. The summed E-state index contributed by atoms with van der Waals surface area (Å²) in [5.41, 5.74) is 0.713. The lowest BCUT2D eigenvalue weighted by Gasteiger charge is -2.35. The molecule has 26 heavy (non-hydrogen) atoms. The molecule has 136 valence electrons. The predicted octanol–water partition coefficient (Wildman–Crippen LogP) is 3.54. The van der Waals surface area contributed by atoms with Gasteiger partial charge in [-0.15, -0.1) is 11.8 Å². The van der Waals surface area contributed by atoms with Gasteiger partial charge in [0.15, 0.2) is 0 Å². The molecule has 1 heterocycles. The molecule has 0 atom stereocenters. The number of hydrogen-bond donors (Lipinski definition) is 0. The van der Waals surface area contributed by atoms with E-state index < -0.39 is 0 Å². The zero-order valence-electron chi connectivity index (χ0n) is 14.8. The van der Waals surface area contributed by atoms with Crippen molar-refractivity contribution in [3.8, 4) is 0 Å². The summed E-state index contributed by atoms with van der Waals surface area (Å²) in [7, 11) is 0. The van der Waals surface area contributed by atoms with Crippen molar-refractivity contribution in [1.29, 1.82) is 0 Å². The van der Waals surface area contributed by atoms with Crippen molar-refractivity contribution in [2.24, 2.45) is 0 Å². The number of amides is 2. The van der Waals surface area contributed by atoms with Crippen LogP contribution in [0.1, 0.15) is 23.2 Å². The standard InChI is InChI=1S/C21H24N2O2S/c24-20(12-7-17-26-19-10-5-2-6-11-19)22-13-15-23(16-14-22)21(25)18-8-3-1-4-9-18/h1-6,8-11H,7,12-17H2. The second kappa shape index (κ2) is 9.43. The van der Waals surface area contributed by atoms with Crippen LogP contribution in [0, 0.1) is 0 Å². The first-order chi connectivity index (χ1) is 12.7. The van der Waals surface area contributed by atoms with Crippen molar-refractivity contribution in [1.82, 2.24) is 9.80 Å². The maximum atomic E-state index is 12.4. The Labute approximate surface area is 159 Å². The fourth-order valence-electron chi connectivity index (χ4n) is 3.01. The molecule has 4 nitrogen and oxygen atoms in total. The van der Waals surface area contributed by atoms with E-state index in [1.807, 2.05) is 58.3 Å². The van der Waals surface area contributed by atoms with Crippen LogP contribution in [0.2, 0.25) is 0 Å². The lowest BCUT2D eigenvalue weighted by atomic mass is 10.2. The van der Waals surface area contributed by atoms with Crippen LogP contribution in [0.5, 0.6) is 0 Å². The number of carbonyl (C=O) groups excluding carboxylic acids is 2. The Morgan fingerprint density at radius 2 is 1.38 bits per heavy atom. The van der Waals surface area contributed by atoms with Gasteiger partial charge in [0, 0.05) is 43.1 Å². The van der Waals surface area contributed by atoms with E-state index in [4.69, 9.17) is 0 Å². The summed E-state index contributed by atoms with van der Waals surface area (Å²) in [5.74, 6) is 1.20. The third kappa shape index (κ3) is 5.11. The zero-order valence-corrected chi connectivity index (χ0v) is 15.7. The average molecular weight is 369 g/mol. The Bertz CT molecular complexity index is 713. The molecule has 2 aromatic rings. The zero-order chi connectivity index (χ0) is 18.2. The van der Waals surface area contributed by atoms with E-state index in [2.05, 4.69) is 12.1 Å². The van der Waals surface area contributed by atoms with E-state index in [1.54, 1.807) is 11.8 Å². The Hall–Kier alpha value is -2.27. The van der Waals surface area contributed by atoms with Crippen molar-refractivity contribution in [2.75, 3.05) is 31.9 Å². The van der Waals surface area contributed by atoms with Crippen LogP contribution in [0.15, 0.2) is 65.6 Å². The molecule has 0 saturated carbocycles. The van der Waals surface area contributed by atoms with Crippen LogP contribution in [-0.2, 0) is 4.79 Å². The molecule has 0 spiro atoms. The Morgan fingerprint density at radius 1 is 0.808 bits per heavy atom. The molecular formula is C21H24N2O2S. The molecule has 0 unspecified atom stereocenters. The van der Waals surface area contributed by atoms with Gasteiger partial charge in [-0.1, -0.05) is 36.4 Å². The van der Waals surface area contributed by atoms with Crippen LogP contribution in [-0.4, -0.2) is 53.5 Å².